The molecule has 0 aromatic heterocycles. The summed E-state index contributed by atoms with van der Waals surface area (Å²) in [6.07, 6.45) is 1.61. The molecule has 1 N–H and O–H groups in total. The first-order valence-electron chi connectivity index (χ1n) is 7.43. The highest BCUT2D eigenvalue weighted by Gasteiger charge is 2.22. The molecule has 1 atom stereocenters. The van der Waals surface area contributed by atoms with Crippen molar-refractivity contribution in [1.29, 1.82) is 0 Å². The van der Waals surface area contributed by atoms with Gasteiger partial charge in [-0.3, -0.25) is 9.69 Å². The number of amides is 1. The molecule has 19 heavy (non-hydrogen) atoms. The van der Waals surface area contributed by atoms with Crippen molar-refractivity contribution in [2.75, 3.05) is 52.9 Å². The number of aliphatic hydroxyl groups excluding tert-OH is 1. The Labute approximate surface area is 117 Å². The highest BCUT2D eigenvalue weighted by atomic mass is 16.3. The largest absolute Gasteiger partial charge is 0.395 e. The first-order valence-corrected chi connectivity index (χ1v) is 7.43. The number of aliphatic hydroxyl groups is 1. The molecule has 0 bridgehead atoms. The van der Waals surface area contributed by atoms with E-state index in [0.29, 0.717) is 12.5 Å². The van der Waals surface area contributed by atoms with Gasteiger partial charge in [0.15, 0.2) is 0 Å². The van der Waals surface area contributed by atoms with Crippen LogP contribution in [-0.4, -0.2) is 84.7 Å². The van der Waals surface area contributed by atoms with E-state index in [2.05, 4.69) is 16.7 Å². The molecule has 0 radical (unpaired) electrons. The van der Waals surface area contributed by atoms with Crippen LogP contribution in [0.15, 0.2) is 0 Å². The van der Waals surface area contributed by atoms with Crippen molar-refractivity contribution in [3.05, 3.63) is 0 Å². The SMILES string of the molecule is CCC(CO)N1CCN(CCC(=O)N(C)CC)CC1. The first kappa shape index (κ1) is 16.4. The zero-order valence-corrected chi connectivity index (χ0v) is 12.6. The zero-order chi connectivity index (χ0) is 14.3. The maximum Gasteiger partial charge on any atom is 0.223 e. The van der Waals surface area contributed by atoms with Gasteiger partial charge >= 0.3 is 0 Å². The molecule has 112 valence electrons. The molecular weight excluding hydrogens is 242 g/mol. The molecular formula is C14H29N3O2. The van der Waals surface area contributed by atoms with Crippen LogP contribution in [0, 0.1) is 0 Å². The maximum atomic E-state index is 11.7. The summed E-state index contributed by atoms with van der Waals surface area (Å²) in [6, 6.07) is 0.301. The third-order valence-electron chi connectivity index (χ3n) is 4.15. The zero-order valence-electron chi connectivity index (χ0n) is 12.6. The minimum Gasteiger partial charge on any atom is -0.395 e. The van der Waals surface area contributed by atoms with E-state index in [1.807, 2.05) is 14.0 Å². The molecule has 1 rings (SSSR count). The molecule has 1 fully saturated rings. The van der Waals surface area contributed by atoms with Gasteiger partial charge in [0.2, 0.25) is 5.91 Å². The lowest BCUT2D eigenvalue weighted by atomic mass is 10.1. The lowest BCUT2D eigenvalue weighted by Gasteiger charge is -2.38. The van der Waals surface area contributed by atoms with Gasteiger partial charge in [0, 0.05) is 58.8 Å². The molecule has 5 heteroatoms. The van der Waals surface area contributed by atoms with Crippen LogP contribution in [0.25, 0.3) is 0 Å². The van der Waals surface area contributed by atoms with Crippen LogP contribution in [-0.2, 0) is 4.79 Å². The van der Waals surface area contributed by atoms with E-state index in [4.69, 9.17) is 0 Å². The van der Waals surface area contributed by atoms with Crippen molar-refractivity contribution < 1.29 is 9.90 Å². The van der Waals surface area contributed by atoms with Gasteiger partial charge in [0.1, 0.15) is 0 Å². The van der Waals surface area contributed by atoms with Gasteiger partial charge in [0.05, 0.1) is 6.61 Å². The molecule has 1 unspecified atom stereocenters. The van der Waals surface area contributed by atoms with Crippen LogP contribution < -0.4 is 0 Å². The van der Waals surface area contributed by atoms with Crippen LogP contribution in [0.5, 0.6) is 0 Å². The Morgan fingerprint density at radius 3 is 2.37 bits per heavy atom. The van der Waals surface area contributed by atoms with E-state index in [0.717, 1.165) is 45.7 Å². The summed E-state index contributed by atoms with van der Waals surface area (Å²) in [4.78, 5) is 18.2. The van der Waals surface area contributed by atoms with Crippen LogP contribution in [0.4, 0.5) is 0 Å². The Kier molecular flexibility index (Phi) is 7.34. The van der Waals surface area contributed by atoms with Gasteiger partial charge in [0.25, 0.3) is 0 Å². The third-order valence-corrected chi connectivity index (χ3v) is 4.15. The van der Waals surface area contributed by atoms with Crippen molar-refractivity contribution in [3.8, 4) is 0 Å². The maximum absolute atomic E-state index is 11.7. The number of carbonyl (C=O) groups excluding carboxylic acids is 1. The van der Waals surface area contributed by atoms with Crippen molar-refractivity contribution in [2.45, 2.75) is 32.7 Å². The minimum absolute atomic E-state index is 0.228. The minimum atomic E-state index is 0.228. The standard InChI is InChI=1S/C14H29N3O2/c1-4-13(12-18)17-10-8-16(9-11-17)7-6-14(19)15(3)5-2/h13,18H,4-12H2,1-3H3. The van der Waals surface area contributed by atoms with Crippen LogP contribution in [0.1, 0.15) is 26.7 Å². The van der Waals surface area contributed by atoms with Crippen molar-refractivity contribution in [3.63, 3.8) is 0 Å². The van der Waals surface area contributed by atoms with E-state index in [-0.39, 0.29) is 12.5 Å². The molecule has 5 nitrogen and oxygen atoms in total. The van der Waals surface area contributed by atoms with Crippen molar-refractivity contribution >= 4 is 5.91 Å². The van der Waals surface area contributed by atoms with Crippen LogP contribution >= 0.6 is 0 Å². The van der Waals surface area contributed by atoms with E-state index >= 15 is 0 Å². The number of piperazine rings is 1. The Morgan fingerprint density at radius 1 is 1.26 bits per heavy atom. The summed E-state index contributed by atoms with van der Waals surface area (Å²) in [7, 11) is 1.85. The average molecular weight is 271 g/mol. The molecule has 0 spiro atoms. The first-order chi connectivity index (χ1) is 9.12. The van der Waals surface area contributed by atoms with E-state index in [1.165, 1.54) is 0 Å². The quantitative estimate of drug-likeness (QED) is 0.721. The predicted octanol–water partition coefficient (Wildman–Crippen LogP) is 0.243. The molecule has 1 heterocycles. The summed E-state index contributed by atoms with van der Waals surface area (Å²) in [5.41, 5.74) is 0. The average Bonchev–Trinajstić information content (AvgIpc) is 2.46. The molecule has 0 saturated carbocycles. The summed E-state index contributed by atoms with van der Waals surface area (Å²) in [5.74, 6) is 0.228. The fourth-order valence-corrected chi connectivity index (χ4v) is 2.48. The molecule has 1 aliphatic heterocycles. The Balaban J connectivity index is 2.25. The highest BCUT2D eigenvalue weighted by Crippen LogP contribution is 2.09. The fourth-order valence-electron chi connectivity index (χ4n) is 2.48. The van der Waals surface area contributed by atoms with E-state index in [9.17, 15) is 9.90 Å². The van der Waals surface area contributed by atoms with Gasteiger partial charge in [-0.2, -0.15) is 0 Å². The van der Waals surface area contributed by atoms with Crippen LogP contribution in [0.2, 0.25) is 0 Å². The summed E-state index contributed by atoms with van der Waals surface area (Å²) < 4.78 is 0. The molecule has 1 amide bonds. The van der Waals surface area contributed by atoms with Crippen LogP contribution in [0.3, 0.4) is 0 Å². The number of nitrogens with zero attached hydrogens (tertiary/aromatic N) is 3. The molecule has 0 aliphatic carbocycles. The second-order valence-electron chi connectivity index (χ2n) is 5.28. The van der Waals surface area contributed by atoms with Gasteiger partial charge in [-0.05, 0) is 13.3 Å². The number of hydrogen-bond donors (Lipinski definition) is 1. The highest BCUT2D eigenvalue weighted by molar-refractivity contribution is 5.75. The lowest BCUT2D eigenvalue weighted by Crippen LogP contribution is -2.51. The molecule has 1 aliphatic rings. The molecule has 0 aromatic rings. The van der Waals surface area contributed by atoms with Crippen molar-refractivity contribution in [1.82, 2.24) is 14.7 Å². The van der Waals surface area contributed by atoms with E-state index < -0.39 is 0 Å². The van der Waals surface area contributed by atoms with Gasteiger partial charge in [-0.15, -0.1) is 0 Å². The normalized spacial score (nSPS) is 19.4. The number of hydrogen-bond acceptors (Lipinski definition) is 4. The Morgan fingerprint density at radius 2 is 1.89 bits per heavy atom. The topological polar surface area (TPSA) is 47.0 Å². The summed E-state index contributed by atoms with van der Waals surface area (Å²) in [6.45, 7) is 9.99. The molecule has 0 aromatic carbocycles. The fraction of sp³-hybridized carbons (Fsp3) is 0.929. The van der Waals surface area contributed by atoms with Crippen molar-refractivity contribution in [2.24, 2.45) is 0 Å². The third kappa shape index (κ3) is 5.09. The second-order valence-corrected chi connectivity index (χ2v) is 5.28. The summed E-state index contributed by atoms with van der Waals surface area (Å²) >= 11 is 0. The second kappa shape index (κ2) is 8.51. The number of carbonyl (C=O) groups is 1. The Hall–Kier alpha value is -0.650. The van der Waals surface area contributed by atoms with Gasteiger partial charge in [-0.1, -0.05) is 6.92 Å². The van der Waals surface area contributed by atoms with Gasteiger partial charge < -0.3 is 14.9 Å². The molecule has 1 saturated heterocycles. The number of rotatable bonds is 7. The summed E-state index contributed by atoms with van der Waals surface area (Å²) in [5, 5.41) is 9.30. The Bertz CT molecular complexity index is 261. The smallest absolute Gasteiger partial charge is 0.223 e. The van der Waals surface area contributed by atoms with E-state index in [1.54, 1.807) is 4.90 Å². The predicted molar refractivity (Wildman–Crippen MR) is 77.1 cm³/mol. The monoisotopic (exact) mass is 271 g/mol. The lowest BCUT2D eigenvalue weighted by molar-refractivity contribution is -0.130. The van der Waals surface area contributed by atoms with Gasteiger partial charge in [-0.25, -0.2) is 0 Å².